The zero-order valence-electron chi connectivity index (χ0n) is 25.8. The summed E-state index contributed by atoms with van der Waals surface area (Å²) in [5, 5.41) is 0. The number of fused-ring (bicyclic) bond motifs is 4. The van der Waals surface area contributed by atoms with Crippen LogP contribution in [0.2, 0.25) is 0 Å². The zero-order chi connectivity index (χ0) is 31.2. The Morgan fingerprint density at radius 2 is 1.24 bits per heavy atom. The molecule has 0 unspecified atom stereocenters. The Morgan fingerprint density at radius 3 is 1.98 bits per heavy atom. The standard InChI is InChI=1S/C33H40O12/c1-32(2)42-24-22(39-30-28(26(24)43-32)44-33(3,4)45-30)18-37-29-27-25(40-31(34)41-27)23(36-16-20-13-9-6-10-14-20)21(38-29)17-35-15-19-11-7-5-8-12-19/h5-14,21-30H,15-18H2,1-4H3/t21-,22-,23-,24+,25+,26+,27-,28-,29-,30-/m1/s1. The highest BCUT2D eigenvalue weighted by Crippen LogP contribution is 2.44. The third kappa shape index (κ3) is 6.76. The van der Waals surface area contributed by atoms with Crippen molar-refractivity contribution in [3.8, 4) is 0 Å². The highest BCUT2D eigenvalue weighted by atomic mass is 16.9. The number of hydrogen-bond acceptors (Lipinski definition) is 12. The van der Waals surface area contributed by atoms with Crippen molar-refractivity contribution in [3.05, 3.63) is 71.8 Å². The van der Waals surface area contributed by atoms with Crippen molar-refractivity contribution in [3.63, 3.8) is 0 Å². The van der Waals surface area contributed by atoms with Gasteiger partial charge in [-0.25, -0.2) is 4.79 Å². The van der Waals surface area contributed by atoms with Crippen molar-refractivity contribution in [1.82, 2.24) is 0 Å². The molecule has 0 aromatic heterocycles. The van der Waals surface area contributed by atoms with E-state index >= 15 is 0 Å². The number of carbonyl (C=O) groups excluding carboxylic acids is 1. The van der Waals surface area contributed by atoms with Gasteiger partial charge in [0, 0.05) is 0 Å². The van der Waals surface area contributed by atoms with E-state index < -0.39 is 79.1 Å². The first-order valence-corrected chi connectivity index (χ1v) is 15.4. The Hall–Kier alpha value is -2.65. The summed E-state index contributed by atoms with van der Waals surface area (Å²) in [5.41, 5.74) is 1.98. The van der Waals surface area contributed by atoms with Crippen LogP contribution in [0.1, 0.15) is 38.8 Å². The molecule has 12 heteroatoms. The molecule has 7 rings (SSSR count). The van der Waals surface area contributed by atoms with Gasteiger partial charge in [-0.1, -0.05) is 60.7 Å². The molecular weight excluding hydrogens is 588 g/mol. The largest absolute Gasteiger partial charge is 0.509 e. The first-order chi connectivity index (χ1) is 21.6. The van der Waals surface area contributed by atoms with Crippen molar-refractivity contribution in [1.29, 1.82) is 0 Å². The fourth-order valence-electron chi connectivity index (χ4n) is 6.51. The molecule has 5 saturated heterocycles. The van der Waals surface area contributed by atoms with Crippen molar-refractivity contribution in [2.45, 2.75) is 114 Å². The van der Waals surface area contributed by atoms with Gasteiger partial charge in [0.1, 0.15) is 36.6 Å². The summed E-state index contributed by atoms with van der Waals surface area (Å²) >= 11 is 0. The Kier molecular flexibility index (Phi) is 8.61. The molecule has 10 atom stereocenters. The van der Waals surface area contributed by atoms with E-state index in [0.29, 0.717) is 6.61 Å². The van der Waals surface area contributed by atoms with Crippen LogP contribution in [0.25, 0.3) is 0 Å². The molecular formula is C33H40O12. The predicted octanol–water partition coefficient (Wildman–Crippen LogP) is 3.83. The lowest BCUT2D eigenvalue weighted by Crippen LogP contribution is -2.60. The van der Waals surface area contributed by atoms with Crippen LogP contribution >= 0.6 is 0 Å². The summed E-state index contributed by atoms with van der Waals surface area (Å²) in [6.07, 6.45) is -7.43. The molecule has 2 aromatic carbocycles. The minimum atomic E-state index is -0.990. The molecule has 12 nitrogen and oxygen atoms in total. The average Bonchev–Trinajstić information content (AvgIpc) is 3.66. The van der Waals surface area contributed by atoms with E-state index in [4.69, 9.17) is 52.1 Å². The van der Waals surface area contributed by atoms with Gasteiger partial charge in [0.05, 0.1) is 26.4 Å². The Labute approximate surface area is 262 Å². The van der Waals surface area contributed by atoms with Crippen molar-refractivity contribution >= 4 is 6.16 Å². The van der Waals surface area contributed by atoms with Crippen LogP contribution in [0, 0.1) is 0 Å². The van der Waals surface area contributed by atoms with E-state index in [-0.39, 0.29) is 19.8 Å². The van der Waals surface area contributed by atoms with E-state index in [1.54, 1.807) is 0 Å². The maximum Gasteiger partial charge on any atom is 0.509 e. The second-order valence-electron chi connectivity index (χ2n) is 12.8. The van der Waals surface area contributed by atoms with E-state index in [0.717, 1.165) is 11.1 Å². The molecule has 0 amide bonds. The molecule has 0 aliphatic carbocycles. The zero-order valence-corrected chi connectivity index (χ0v) is 25.8. The minimum Gasteiger partial charge on any atom is -0.424 e. The molecule has 5 fully saturated rings. The third-order valence-corrected chi connectivity index (χ3v) is 8.41. The molecule has 0 spiro atoms. The highest BCUT2D eigenvalue weighted by molar-refractivity contribution is 5.63. The summed E-state index contributed by atoms with van der Waals surface area (Å²) in [6, 6.07) is 19.6. The summed E-state index contributed by atoms with van der Waals surface area (Å²) in [6.45, 7) is 8.20. The Bertz CT molecular complexity index is 1310. The maximum atomic E-state index is 12.5. The summed E-state index contributed by atoms with van der Waals surface area (Å²) < 4.78 is 67.3. The van der Waals surface area contributed by atoms with Gasteiger partial charge >= 0.3 is 6.16 Å². The summed E-state index contributed by atoms with van der Waals surface area (Å²) in [5.74, 6) is -1.70. The SMILES string of the molecule is CC1(C)O[C@H]2[C@@H](O1)[C@@H](CO[C@@H]1O[C@H](COCc3ccccc3)[C@@H](OCc3ccccc3)[C@@H]3OC(=O)O[C@@H]13)O[C@@H]1OC(C)(C)O[C@@H]12. The normalized spacial score (nSPS) is 37.7. The van der Waals surface area contributed by atoms with E-state index in [1.807, 2.05) is 88.4 Å². The quantitative estimate of drug-likeness (QED) is 0.356. The van der Waals surface area contributed by atoms with E-state index in [2.05, 4.69) is 0 Å². The summed E-state index contributed by atoms with van der Waals surface area (Å²) in [4.78, 5) is 12.5. The minimum absolute atomic E-state index is 0.0339. The van der Waals surface area contributed by atoms with Gasteiger partial charge in [-0.2, -0.15) is 0 Å². The lowest BCUT2D eigenvalue weighted by atomic mass is 9.98. The van der Waals surface area contributed by atoms with Crippen molar-refractivity contribution in [2.75, 3.05) is 13.2 Å². The molecule has 5 heterocycles. The fourth-order valence-corrected chi connectivity index (χ4v) is 6.51. The molecule has 0 saturated carbocycles. The fraction of sp³-hybridized carbons (Fsp3) is 0.606. The van der Waals surface area contributed by atoms with Gasteiger partial charge < -0.3 is 52.1 Å². The van der Waals surface area contributed by atoms with Crippen LogP contribution in [0.3, 0.4) is 0 Å². The van der Waals surface area contributed by atoms with Crippen molar-refractivity contribution in [2.24, 2.45) is 0 Å². The van der Waals surface area contributed by atoms with Crippen LogP contribution in [-0.2, 0) is 65.3 Å². The molecule has 0 radical (unpaired) electrons. The number of benzene rings is 2. The average molecular weight is 629 g/mol. The van der Waals surface area contributed by atoms with Crippen molar-refractivity contribution < 1.29 is 56.9 Å². The first-order valence-electron chi connectivity index (χ1n) is 15.4. The van der Waals surface area contributed by atoms with Gasteiger partial charge in [-0.05, 0) is 38.8 Å². The second kappa shape index (κ2) is 12.5. The Morgan fingerprint density at radius 1 is 0.622 bits per heavy atom. The Balaban J connectivity index is 1.07. The van der Waals surface area contributed by atoms with Crippen LogP contribution in [0.15, 0.2) is 60.7 Å². The maximum absolute atomic E-state index is 12.5. The number of ether oxygens (including phenoxy) is 11. The molecule has 45 heavy (non-hydrogen) atoms. The van der Waals surface area contributed by atoms with Crippen LogP contribution in [-0.4, -0.2) is 92.4 Å². The predicted molar refractivity (Wildman–Crippen MR) is 153 cm³/mol. The van der Waals surface area contributed by atoms with Crippen LogP contribution in [0.5, 0.6) is 0 Å². The number of rotatable bonds is 10. The van der Waals surface area contributed by atoms with E-state index in [9.17, 15) is 4.79 Å². The van der Waals surface area contributed by atoms with Crippen LogP contribution < -0.4 is 0 Å². The lowest BCUT2D eigenvalue weighted by molar-refractivity contribution is -0.306. The lowest BCUT2D eigenvalue weighted by Gasteiger charge is -2.42. The smallest absolute Gasteiger partial charge is 0.424 e. The molecule has 2 aromatic rings. The second-order valence-corrected chi connectivity index (χ2v) is 12.8. The highest BCUT2D eigenvalue weighted by Gasteiger charge is 2.61. The van der Waals surface area contributed by atoms with Gasteiger partial charge in [0.2, 0.25) is 0 Å². The number of carbonyl (C=O) groups is 1. The molecule has 244 valence electrons. The molecule has 5 aliphatic rings. The monoisotopic (exact) mass is 628 g/mol. The molecule has 0 bridgehead atoms. The van der Waals surface area contributed by atoms with E-state index in [1.165, 1.54) is 0 Å². The third-order valence-electron chi connectivity index (χ3n) is 8.41. The molecule has 0 N–H and O–H groups in total. The topological polar surface area (TPSA) is 119 Å². The summed E-state index contributed by atoms with van der Waals surface area (Å²) in [7, 11) is 0. The van der Waals surface area contributed by atoms with Gasteiger partial charge in [-0.15, -0.1) is 0 Å². The molecule has 5 aliphatic heterocycles. The van der Waals surface area contributed by atoms with Gasteiger partial charge in [0.25, 0.3) is 0 Å². The van der Waals surface area contributed by atoms with Gasteiger partial charge in [0.15, 0.2) is 36.4 Å². The first kappa shape index (κ1) is 31.0. The van der Waals surface area contributed by atoms with Gasteiger partial charge in [-0.3, -0.25) is 0 Å². The number of hydrogen-bond donors (Lipinski definition) is 0. The van der Waals surface area contributed by atoms with Crippen LogP contribution in [0.4, 0.5) is 4.79 Å².